The number of nitrogens with one attached hydrogen (secondary N) is 1. The lowest BCUT2D eigenvalue weighted by Crippen LogP contribution is -2.43. The molecule has 0 aliphatic rings. The van der Waals surface area contributed by atoms with Gasteiger partial charge in [0.15, 0.2) is 0 Å². The number of carbonyl (C=O) groups excluding carboxylic acids is 1. The lowest BCUT2D eigenvalue weighted by atomic mass is 9.98. The Balaban J connectivity index is 3.09. The molecule has 0 aliphatic heterocycles. The van der Waals surface area contributed by atoms with Gasteiger partial charge in [0.25, 0.3) is 5.91 Å². The summed E-state index contributed by atoms with van der Waals surface area (Å²) in [4.78, 5) is 12.1. The van der Waals surface area contributed by atoms with Crippen molar-refractivity contribution in [2.75, 3.05) is 0 Å². The number of hydrogen-bond acceptors (Lipinski definition) is 3. The van der Waals surface area contributed by atoms with Crippen LogP contribution in [-0.4, -0.2) is 19.9 Å². The van der Waals surface area contributed by atoms with E-state index in [1.807, 2.05) is 20.8 Å². The van der Waals surface area contributed by atoms with Crippen molar-refractivity contribution < 1.29 is 13.2 Å². The van der Waals surface area contributed by atoms with Gasteiger partial charge in [-0.05, 0) is 38.5 Å². The molecule has 0 bridgehead atoms. The molecule has 1 aromatic carbocycles. The SMILES string of the molecule is CCCC(C)(C)NC(=O)c1cc(Br)cc(S(N)(=O)=O)c1. The molecule has 7 heteroatoms. The largest absolute Gasteiger partial charge is 0.347 e. The Morgan fingerprint density at radius 3 is 2.45 bits per heavy atom. The fourth-order valence-corrected chi connectivity index (χ4v) is 3.15. The minimum absolute atomic E-state index is 0.0923. The minimum Gasteiger partial charge on any atom is -0.347 e. The van der Waals surface area contributed by atoms with Crippen LogP contribution in [0.2, 0.25) is 0 Å². The fraction of sp³-hybridized carbons (Fsp3) is 0.462. The minimum atomic E-state index is -3.85. The van der Waals surface area contributed by atoms with Crippen molar-refractivity contribution in [3.63, 3.8) is 0 Å². The van der Waals surface area contributed by atoms with Crippen LogP contribution in [0.4, 0.5) is 0 Å². The van der Waals surface area contributed by atoms with E-state index >= 15 is 0 Å². The van der Waals surface area contributed by atoms with Gasteiger partial charge in [-0.15, -0.1) is 0 Å². The number of benzene rings is 1. The second-order valence-electron chi connectivity index (χ2n) is 5.31. The molecule has 0 heterocycles. The summed E-state index contributed by atoms with van der Waals surface area (Å²) in [5.74, 6) is -0.324. The summed E-state index contributed by atoms with van der Waals surface area (Å²) in [5.41, 5.74) is -0.0943. The zero-order valence-electron chi connectivity index (χ0n) is 11.7. The van der Waals surface area contributed by atoms with Gasteiger partial charge in [0.1, 0.15) is 0 Å². The number of hydrogen-bond donors (Lipinski definition) is 2. The lowest BCUT2D eigenvalue weighted by molar-refractivity contribution is 0.0908. The molecular weight excluding hydrogens is 344 g/mol. The molecule has 5 nitrogen and oxygen atoms in total. The molecule has 1 amide bonds. The monoisotopic (exact) mass is 362 g/mol. The highest BCUT2D eigenvalue weighted by molar-refractivity contribution is 9.10. The molecule has 3 N–H and O–H groups in total. The van der Waals surface area contributed by atoms with Crippen LogP contribution in [0, 0.1) is 0 Å². The fourth-order valence-electron chi connectivity index (χ4n) is 1.93. The first-order valence-electron chi connectivity index (χ1n) is 6.21. The predicted molar refractivity (Wildman–Crippen MR) is 82.0 cm³/mol. The number of primary sulfonamides is 1. The van der Waals surface area contributed by atoms with Crippen molar-refractivity contribution in [3.8, 4) is 0 Å². The first-order valence-corrected chi connectivity index (χ1v) is 8.55. The summed E-state index contributed by atoms with van der Waals surface area (Å²) in [6.45, 7) is 5.88. The van der Waals surface area contributed by atoms with Gasteiger partial charge in [-0.2, -0.15) is 0 Å². The van der Waals surface area contributed by atoms with Gasteiger partial charge in [0, 0.05) is 15.6 Å². The maximum Gasteiger partial charge on any atom is 0.251 e. The van der Waals surface area contributed by atoms with Crippen molar-refractivity contribution in [1.82, 2.24) is 5.32 Å². The zero-order chi connectivity index (χ0) is 15.6. The van der Waals surface area contributed by atoms with Crippen LogP contribution in [0.15, 0.2) is 27.6 Å². The van der Waals surface area contributed by atoms with Gasteiger partial charge in [-0.3, -0.25) is 4.79 Å². The number of sulfonamides is 1. The normalized spacial score (nSPS) is 12.2. The Morgan fingerprint density at radius 2 is 1.95 bits per heavy atom. The number of amides is 1. The average Bonchev–Trinajstić information content (AvgIpc) is 2.26. The number of rotatable bonds is 5. The van der Waals surface area contributed by atoms with Crippen molar-refractivity contribution in [2.45, 2.75) is 44.0 Å². The van der Waals surface area contributed by atoms with E-state index in [2.05, 4.69) is 21.2 Å². The summed E-state index contributed by atoms with van der Waals surface area (Å²) >= 11 is 3.18. The third-order valence-corrected chi connectivity index (χ3v) is 4.14. The summed E-state index contributed by atoms with van der Waals surface area (Å²) in [6, 6.07) is 4.20. The van der Waals surface area contributed by atoms with Gasteiger partial charge >= 0.3 is 0 Å². The molecule has 0 aliphatic carbocycles. The third-order valence-electron chi connectivity index (χ3n) is 2.79. The molecule has 20 heavy (non-hydrogen) atoms. The molecule has 0 atom stereocenters. The molecule has 0 unspecified atom stereocenters. The summed E-state index contributed by atoms with van der Waals surface area (Å²) in [6.07, 6.45) is 1.77. The molecule has 0 fully saturated rings. The van der Waals surface area contributed by atoms with E-state index in [4.69, 9.17) is 5.14 Å². The average molecular weight is 363 g/mol. The van der Waals surface area contributed by atoms with E-state index in [1.54, 1.807) is 6.07 Å². The molecule has 0 aromatic heterocycles. The van der Waals surface area contributed by atoms with Gasteiger partial charge in [-0.25, -0.2) is 13.6 Å². The van der Waals surface area contributed by atoms with Gasteiger partial charge in [0.05, 0.1) is 4.90 Å². The maximum absolute atomic E-state index is 12.2. The smallest absolute Gasteiger partial charge is 0.251 e. The highest BCUT2D eigenvalue weighted by atomic mass is 79.9. The standard InChI is InChI=1S/C13H19BrN2O3S/c1-4-5-13(2,3)16-12(17)9-6-10(14)8-11(7-9)20(15,18)19/h6-8H,4-5H2,1-3H3,(H,16,17)(H2,15,18,19). The molecule has 0 spiro atoms. The summed E-state index contributed by atoms with van der Waals surface area (Å²) in [7, 11) is -3.85. The Bertz CT molecular complexity index is 612. The van der Waals surface area contributed by atoms with Crippen molar-refractivity contribution in [2.24, 2.45) is 5.14 Å². The topological polar surface area (TPSA) is 89.3 Å². The zero-order valence-corrected chi connectivity index (χ0v) is 14.1. The van der Waals surface area contributed by atoms with Crippen LogP contribution in [-0.2, 0) is 10.0 Å². The first-order chi connectivity index (χ1) is 9.05. The number of nitrogens with two attached hydrogens (primary N) is 1. The summed E-state index contributed by atoms with van der Waals surface area (Å²) in [5, 5.41) is 7.97. The first kappa shape index (κ1) is 17.1. The van der Waals surface area contributed by atoms with E-state index in [9.17, 15) is 13.2 Å². The second kappa shape index (κ2) is 6.24. The molecule has 112 valence electrons. The Kier molecular flexibility index (Phi) is 5.34. The third kappa shape index (κ3) is 4.88. The molecule has 0 radical (unpaired) electrons. The highest BCUT2D eigenvalue weighted by Crippen LogP contribution is 2.20. The quantitative estimate of drug-likeness (QED) is 0.842. The number of halogens is 1. The Labute approximate surface area is 128 Å². The van der Waals surface area contributed by atoms with E-state index in [-0.39, 0.29) is 21.9 Å². The van der Waals surface area contributed by atoms with Crippen LogP contribution >= 0.6 is 15.9 Å². The Morgan fingerprint density at radius 1 is 1.35 bits per heavy atom. The van der Waals surface area contributed by atoms with Crippen molar-refractivity contribution in [3.05, 3.63) is 28.2 Å². The van der Waals surface area contributed by atoms with E-state index in [0.717, 1.165) is 12.8 Å². The lowest BCUT2D eigenvalue weighted by Gasteiger charge is -2.25. The number of carbonyl (C=O) groups is 1. The highest BCUT2D eigenvalue weighted by Gasteiger charge is 2.21. The maximum atomic E-state index is 12.2. The summed E-state index contributed by atoms with van der Waals surface area (Å²) < 4.78 is 23.2. The van der Waals surface area contributed by atoms with Crippen molar-refractivity contribution >= 4 is 31.9 Å². The van der Waals surface area contributed by atoms with E-state index < -0.39 is 10.0 Å². The second-order valence-corrected chi connectivity index (χ2v) is 7.79. The van der Waals surface area contributed by atoms with Gasteiger partial charge in [-0.1, -0.05) is 29.3 Å². The van der Waals surface area contributed by atoms with E-state index in [0.29, 0.717) is 4.47 Å². The molecular formula is C13H19BrN2O3S. The van der Waals surface area contributed by atoms with Crippen LogP contribution in [0.1, 0.15) is 44.0 Å². The van der Waals surface area contributed by atoms with Gasteiger partial charge < -0.3 is 5.32 Å². The van der Waals surface area contributed by atoms with Crippen LogP contribution in [0.5, 0.6) is 0 Å². The molecule has 0 saturated heterocycles. The van der Waals surface area contributed by atoms with Crippen LogP contribution in [0.3, 0.4) is 0 Å². The van der Waals surface area contributed by atoms with Crippen LogP contribution < -0.4 is 10.5 Å². The Hall–Kier alpha value is -0.920. The van der Waals surface area contributed by atoms with Crippen molar-refractivity contribution in [1.29, 1.82) is 0 Å². The molecule has 1 aromatic rings. The van der Waals surface area contributed by atoms with E-state index in [1.165, 1.54) is 12.1 Å². The molecule has 0 saturated carbocycles. The van der Waals surface area contributed by atoms with Crippen LogP contribution in [0.25, 0.3) is 0 Å². The molecule has 1 rings (SSSR count). The van der Waals surface area contributed by atoms with Gasteiger partial charge in [0.2, 0.25) is 10.0 Å². The predicted octanol–water partition coefficient (Wildman–Crippen LogP) is 2.41.